The lowest BCUT2D eigenvalue weighted by Gasteiger charge is -2.15. The molecule has 1 atom stereocenters. The molecule has 0 unspecified atom stereocenters. The van der Waals surface area contributed by atoms with Gasteiger partial charge in [-0.15, -0.1) is 0 Å². The first-order valence-electron chi connectivity index (χ1n) is 5.31. The van der Waals surface area contributed by atoms with E-state index < -0.39 is 12.1 Å². The quantitative estimate of drug-likeness (QED) is 0.896. The summed E-state index contributed by atoms with van der Waals surface area (Å²) in [5.41, 5.74) is 0.873. The number of aromatic hydroxyl groups is 1. The Hall–Kier alpha value is -2.02. The van der Waals surface area contributed by atoms with Crippen LogP contribution in [-0.2, 0) is 4.79 Å². The molecule has 2 N–H and O–H groups in total. The lowest BCUT2D eigenvalue weighted by Crippen LogP contribution is -2.23. The third-order valence-corrected chi connectivity index (χ3v) is 2.85. The van der Waals surface area contributed by atoms with E-state index in [0.717, 1.165) is 0 Å². The number of ether oxygens (including phenoxy) is 1. The van der Waals surface area contributed by atoms with Gasteiger partial charge in [-0.1, -0.05) is 21.1 Å². The standard InChI is InChI=1S/C12H10BrNO5/c1-6(12(16)17)19-11-8(9-2-3-18-14-9)4-7(13)5-10(11)15/h2-6,15H,1H3,(H,16,17)/t6-/m0/s1. The molecule has 0 fully saturated rings. The van der Waals surface area contributed by atoms with Crippen LogP contribution < -0.4 is 4.74 Å². The predicted molar refractivity (Wildman–Crippen MR) is 69.0 cm³/mol. The number of carbonyl (C=O) groups is 1. The molecule has 19 heavy (non-hydrogen) atoms. The van der Waals surface area contributed by atoms with Gasteiger partial charge in [0.05, 0.1) is 5.56 Å². The van der Waals surface area contributed by atoms with E-state index in [4.69, 9.17) is 14.4 Å². The molecule has 0 amide bonds. The van der Waals surface area contributed by atoms with Gasteiger partial charge < -0.3 is 19.5 Å². The molecular weight excluding hydrogens is 318 g/mol. The highest BCUT2D eigenvalue weighted by atomic mass is 79.9. The van der Waals surface area contributed by atoms with Crippen molar-refractivity contribution in [3.63, 3.8) is 0 Å². The number of benzene rings is 1. The lowest BCUT2D eigenvalue weighted by atomic mass is 10.1. The van der Waals surface area contributed by atoms with Crippen molar-refractivity contribution in [1.29, 1.82) is 0 Å². The number of rotatable bonds is 4. The van der Waals surface area contributed by atoms with Crippen LogP contribution in [0.5, 0.6) is 11.5 Å². The Labute approximate surface area is 116 Å². The molecule has 2 rings (SSSR count). The van der Waals surface area contributed by atoms with Gasteiger partial charge in [0.25, 0.3) is 0 Å². The molecule has 1 aromatic heterocycles. The van der Waals surface area contributed by atoms with Crippen LogP contribution in [0.15, 0.2) is 33.5 Å². The number of phenols is 1. The predicted octanol–water partition coefficient (Wildman–Crippen LogP) is 2.66. The van der Waals surface area contributed by atoms with E-state index in [2.05, 4.69) is 21.1 Å². The zero-order valence-corrected chi connectivity index (χ0v) is 11.4. The van der Waals surface area contributed by atoms with Crippen LogP contribution >= 0.6 is 15.9 Å². The van der Waals surface area contributed by atoms with Crippen LogP contribution in [0.25, 0.3) is 11.3 Å². The fourth-order valence-electron chi connectivity index (χ4n) is 1.47. The third kappa shape index (κ3) is 2.87. The molecule has 0 spiro atoms. The SMILES string of the molecule is C[C@H](Oc1c(O)cc(Br)cc1-c1ccon1)C(=O)O. The lowest BCUT2D eigenvalue weighted by molar-refractivity contribution is -0.144. The molecule has 0 aliphatic heterocycles. The van der Waals surface area contributed by atoms with Crippen molar-refractivity contribution in [3.8, 4) is 22.8 Å². The highest BCUT2D eigenvalue weighted by Crippen LogP contribution is 2.40. The second-order valence-corrected chi connectivity index (χ2v) is 4.70. The van der Waals surface area contributed by atoms with Crippen molar-refractivity contribution in [2.45, 2.75) is 13.0 Å². The van der Waals surface area contributed by atoms with Crippen LogP contribution in [0.3, 0.4) is 0 Å². The Balaban J connectivity index is 2.49. The Bertz CT molecular complexity index is 596. The van der Waals surface area contributed by atoms with Gasteiger partial charge in [0.1, 0.15) is 12.0 Å². The van der Waals surface area contributed by atoms with E-state index in [1.807, 2.05) is 0 Å². The number of carboxylic acid groups (broad SMARTS) is 1. The van der Waals surface area contributed by atoms with Crippen molar-refractivity contribution < 1.29 is 24.3 Å². The minimum absolute atomic E-state index is 0.0481. The van der Waals surface area contributed by atoms with Crippen LogP contribution in [0.4, 0.5) is 0 Å². The number of aliphatic carboxylic acids is 1. The van der Waals surface area contributed by atoms with Crippen LogP contribution in [0.2, 0.25) is 0 Å². The molecule has 1 heterocycles. The molecule has 0 bridgehead atoms. The average Bonchev–Trinajstić information content (AvgIpc) is 2.85. The monoisotopic (exact) mass is 327 g/mol. The molecule has 0 aliphatic rings. The Morgan fingerprint density at radius 2 is 2.26 bits per heavy atom. The van der Waals surface area contributed by atoms with E-state index in [1.54, 1.807) is 12.1 Å². The summed E-state index contributed by atoms with van der Waals surface area (Å²) in [5, 5.41) is 22.5. The third-order valence-electron chi connectivity index (χ3n) is 2.39. The van der Waals surface area contributed by atoms with Gasteiger partial charge >= 0.3 is 5.97 Å². The summed E-state index contributed by atoms with van der Waals surface area (Å²) in [6, 6.07) is 4.65. The van der Waals surface area contributed by atoms with Crippen LogP contribution in [0.1, 0.15) is 6.92 Å². The van der Waals surface area contributed by atoms with Gasteiger partial charge in [0, 0.05) is 10.5 Å². The number of nitrogens with zero attached hydrogens (tertiary/aromatic N) is 1. The van der Waals surface area contributed by atoms with Crippen LogP contribution in [0, 0.1) is 0 Å². The van der Waals surface area contributed by atoms with Crippen molar-refractivity contribution in [3.05, 3.63) is 28.9 Å². The minimum Gasteiger partial charge on any atom is -0.504 e. The number of phenolic OH excluding ortho intramolecular Hbond substituents is 1. The summed E-state index contributed by atoms with van der Waals surface area (Å²) < 4.78 is 10.6. The van der Waals surface area contributed by atoms with E-state index in [-0.39, 0.29) is 11.5 Å². The molecule has 2 aromatic rings. The molecule has 100 valence electrons. The normalized spacial score (nSPS) is 12.1. The number of aromatic nitrogens is 1. The molecule has 0 aliphatic carbocycles. The highest BCUT2D eigenvalue weighted by Gasteiger charge is 2.20. The molecule has 6 nitrogen and oxygen atoms in total. The average molecular weight is 328 g/mol. The smallest absolute Gasteiger partial charge is 0.344 e. The van der Waals surface area contributed by atoms with Crippen molar-refractivity contribution in [1.82, 2.24) is 5.16 Å². The summed E-state index contributed by atoms with van der Waals surface area (Å²) in [5.74, 6) is -1.26. The summed E-state index contributed by atoms with van der Waals surface area (Å²) >= 11 is 3.24. The number of hydrogen-bond acceptors (Lipinski definition) is 5. The van der Waals surface area contributed by atoms with Gasteiger partial charge in [-0.2, -0.15) is 0 Å². The summed E-state index contributed by atoms with van der Waals surface area (Å²) in [7, 11) is 0. The van der Waals surface area contributed by atoms with Crippen molar-refractivity contribution in [2.75, 3.05) is 0 Å². The maximum absolute atomic E-state index is 10.8. The zero-order valence-electron chi connectivity index (χ0n) is 9.83. The van der Waals surface area contributed by atoms with Crippen molar-refractivity contribution >= 4 is 21.9 Å². The molecule has 7 heteroatoms. The number of halogens is 1. The van der Waals surface area contributed by atoms with Gasteiger partial charge in [-0.3, -0.25) is 0 Å². The molecule has 0 saturated heterocycles. The molecule has 0 radical (unpaired) electrons. The van der Waals surface area contributed by atoms with Crippen molar-refractivity contribution in [2.24, 2.45) is 0 Å². The summed E-state index contributed by atoms with van der Waals surface area (Å²) in [6.45, 7) is 1.37. The second kappa shape index (κ2) is 5.31. The zero-order chi connectivity index (χ0) is 14.0. The Morgan fingerprint density at radius 3 is 2.84 bits per heavy atom. The minimum atomic E-state index is -1.13. The van der Waals surface area contributed by atoms with Crippen LogP contribution in [-0.4, -0.2) is 27.4 Å². The fourth-order valence-corrected chi connectivity index (χ4v) is 1.92. The molecule has 0 saturated carbocycles. The van der Waals surface area contributed by atoms with E-state index in [1.165, 1.54) is 19.3 Å². The van der Waals surface area contributed by atoms with Gasteiger partial charge in [0.2, 0.25) is 0 Å². The number of hydrogen-bond donors (Lipinski definition) is 2. The van der Waals surface area contributed by atoms with Gasteiger partial charge in [-0.25, -0.2) is 4.79 Å². The van der Waals surface area contributed by atoms with Gasteiger partial charge in [0.15, 0.2) is 17.6 Å². The summed E-state index contributed by atoms with van der Waals surface area (Å²) in [6.07, 6.45) is 0.273. The first kappa shape index (κ1) is 13.4. The highest BCUT2D eigenvalue weighted by molar-refractivity contribution is 9.10. The maximum Gasteiger partial charge on any atom is 0.344 e. The Kier molecular flexibility index (Phi) is 3.75. The van der Waals surface area contributed by atoms with E-state index in [9.17, 15) is 9.90 Å². The first-order chi connectivity index (χ1) is 8.99. The first-order valence-corrected chi connectivity index (χ1v) is 6.11. The second-order valence-electron chi connectivity index (χ2n) is 3.78. The van der Waals surface area contributed by atoms with E-state index >= 15 is 0 Å². The fraction of sp³-hybridized carbons (Fsp3) is 0.167. The summed E-state index contributed by atoms with van der Waals surface area (Å²) in [4.78, 5) is 10.8. The maximum atomic E-state index is 10.8. The molecular formula is C12H10BrNO5. The number of carboxylic acids is 1. The topological polar surface area (TPSA) is 92.8 Å². The van der Waals surface area contributed by atoms with Gasteiger partial charge in [-0.05, 0) is 19.1 Å². The molecule has 1 aromatic carbocycles. The Morgan fingerprint density at radius 1 is 1.53 bits per heavy atom. The van der Waals surface area contributed by atoms with E-state index in [0.29, 0.717) is 15.7 Å². The largest absolute Gasteiger partial charge is 0.504 e.